The number of aromatic nitrogens is 5. The van der Waals surface area contributed by atoms with Crippen LogP contribution in [-0.4, -0.2) is 15.0 Å². The molecule has 3 heterocycles. The summed E-state index contributed by atoms with van der Waals surface area (Å²) in [5.74, 6) is 0. The van der Waals surface area contributed by atoms with Crippen molar-refractivity contribution in [3.63, 3.8) is 0 Å². The molecule has 0 atom stereocenters. The fraction of sp³-hybridized carbons (Fsp3) is 0.0769. The Kier molecular flexibility index (Phi) is 8.30. The Hall–Kier alpha value is -2.66. The zero-order valence-corrected chi connectivity index (χ0v) is 22.6. The van der Waals surface area contributed by atoms with E-state index >= 15 is 0 Å². The maximum absolute atomic E-state index is 4.39. The Morgan fingerprint density at radius 1 is 0.667 bits per heavy atom. The average molecular weight is 659 g/mol. The van der Waals surface area contributed by atoms with Gasteiger partial charge in [-0.15, -0.1) is 0 Å². The average Bonchev–Trinajstić information content (AvgIpc) is 3.14. The van der Waals surface area contributed by atoms with Crippen molar-refractivity contribution in [3.05, 3.63) is 96.1 Å². The number of aromatic amines is 1. The van der Waals surface area contributed by atoms with E-state index in [9.17, 15) is 0 Å². The van der Waals surface area contributed by atoms with E-state index in [1.807, 2.05) is 72.6 Å². The molecule has 1 N–H and O–H groups in total. The van der Waals surface area contributed by atoms with Crippen LogP contribution in [0, 0.1) is 0 Å². The van der Waals surface area contributed by atoms with Gasteiger partial charge in [0, 0.05) is 21.8 Å². The van der Waals surface area contributed by atoms with Crippen LogP contribution in [0.5, 0.6) is 0 Å². The van der Waals surface area contributed by atoms with Crippen molar-refractivity contribution in [1.29, 1.82) is 0 Å². The standard InChI is InChI=1S/C26H23N5.2HI/c1-30-13-11-27-21(17-30)7-3-19-5-9-25-23(15-19)24-16-20(6-10-26(24)29-25)4-8-22-18-31(2)14-12-28-22;;/h3-18,29H,1-2H3;2*1H/q+2;;/p-2/b7-3+,8-4+;;. The van der Waals surface area contributed by atoms with Crippen LogP contribution in [0.4, 0.5) is 0 Å². The van der Waals surface area contributed by atoms with E-state index < -0.39 is 0 Å². The molecule has 0 saturated carbocycles. The Labute approximate surface area is 227 Å². The maximum atomic E-state index is 4.39. The van der Waals surface area contributed by atoms with Crippen LogP contribution in [0.1, 0.15) is 22.5 Å². The molecule has 0 aliphatic carbocycles. The topological polar surface area (TPSA) is 49.3 Å². The number of aryl methyl sites for hydroxylation is 2. The highest BCUT2D eigenvalue weighted by Crippen LogP contribution is 2.28. The van der Waals surface area contributed by atoms with Gasteiger partial charge < -0.3 is 52.9 Å². The van der Waals surface area contributed by atoms with Crippen molar-refractivity contribution in [3.8, 4) is 0 Å². The summed E-state index contributed by atoms with van der Waals surface area (Å²) in [6, 6.07) is 13.0. The van der Waals surface area contributed by atoms with Crippen LogP contribution in [0.15, 0.2) is 73.6 Å². The fourth-order valence-electron chi connectivity index (χ4n) is 3.69. The van der Waals surface area contributed by atoms with Gasteiger partial charge in [0.15, 0.2) is 24.8 Å². The summed E-state index contributed by atoms with van der Waals surface area (Å²) in [7, 11) is 3.99. The second kappa shape index (κ2) is 11.0. The van der Waals surface area contributed by atoms with E-state index in [1.165, 1.54) is 10.8 Å². The van der Waals surface area contributed by atoms with Crippen molar-refractivity contribution in [2.24, 2.45) is 14.1 Å². The summed E-state index contributed by atoms with van der Waals surface area (Å²) in [4.78, 5) is 12.3. The lowest BCUT2D eigenvalue weighted by Gasteiger charge is -1.98. The Bertz CT molecular complexity index is 1360. The Balaban J connectivity index is 0.00000153. The van der Waals surface area contributed by atoms with Gasteiger partial charge in [0.25, 0.3) is 0 Å². The maximum Gasteiger partial charge on any atom is 0.194 e. The second-order valence-corrected chi connectivity index (χ2v) is 7.70. The first-order valence-corrected chi connectivity index (χ1v) is 10.2. The first kappa shape index (κ1) is 25.0. The molecule has 0 fully saturated rings. The zero-order valence-electron chi connectivity index (χ0n) is 18.3. The molecule has 5 rings (SSSR count). The van der Waals surface area contributed by atoms with Crippen LogP contribution in [0.2, 0.25) is 0 Å². The summed E-state index contributed by atoms with van der Waals surface area (Å²) in [6.07, 6.45) is 19.8. The molecule has 0 spiro atoms. The Morgan fingerprint density at radius 2 is 1.12 bits per heavy atom. The minimum atomic E-state index is 0. The van der Waals surface area contributed by atoms with Gasteiger partial charge in [-0.1, -0.05) is 24.3 Å². The molecule has 7 heteroatoms. The van der Waals surface area contributed by atoms with Crippen LogP contribution in [0.25, 0.3) is 46.1 Å². The van der Waals surface area contributed by atoms with Crippen molar-refractivity contribution in [2.45, 2.75) is 0 Å². The highest BCUT2D eigenvalue weighted by atomic mass is 127. The smallest absolute Gasteiger partial charge is 0.194 e. The molecule has 5 aromatic rings. The predicted molar refractivity (Wildman–Crippen MR) is 124 cm³/mol. The zero-order chi connectivity index (χ0) is 21.2. The third kappa shape index (κ3) is 5.83. The molecule has 0 bridgehead atoms. The Morgan fingerprint density at radius 3 is 1.55 bits per heavy atom. The van der Waals surface area contributed by atoms with E-state index in [0.29, 0.717) is 0 Å². The van der Waals surface area contributed by atoms with Crippen LogP contribution >= 0.6 is 0 Å². The van der Waals surface area contributed by atoms with Gasteiger partial charge in [-0.05, 0) is 47.5 Å². The quantitative estimate of drug-likeness (QED) is 0.182. The van der Waals surface area contributed by atoms with Gasteiger partial charge in [-0.25, -0.2) is 19.1 Å². The number of fused-ring (bicyclic) bond motifs is 3. The summed E-state index contributed by atoms with van der Waals surface area (Å²) >= 11 is 0. The molecule has 0 amide bonds. The number of nitrogens with one attached hydrogen (secondary N) is 1. The van der Waals surface area contributed by atoms with E-state index in [0.717, 1.165) is 33.5 Å². The number of benzene rings is 2. The highest BCUT2D eigenvalue weighted by Gasteiger charge is 2.06. The molecule has 0 aliphatic rings. The first-order chi connectivity index (χ1) is 15.1. The number of rotatable bonds is 4. The van der Waals surface area contributed by atoms with Gasteiger partial charge in [-0.3, -0.25) is 0 Å². The summed E-state index contributed by atoms with van der Waals surface area (Å²) in [5.41, 5.74) is 6.41. The second-order valence-electron chi connectivity index (χ2n) is 7.70. The largest absolute Gasteiger partial charge is 1.00 e. The van der Waals surface area contributed by atoms with E-state index in [1.54, 1.807) is 0 Å². The summed E-state index contributed by atoms with van der Waals surface area (Å²) < 4.78 is 3.99. The number of halogens is 2. The van der Waals surface area contributed by atoms with Gasteiger partial charge in [0.2, 0.25) is 0 Å². The number of hydrogen-bond acceptors (Lipinski definition) is 2. The fourth-order valence-corrected chi connectivity index (χ4v) is 3.69. The lowest BCUT2D eigenvalue weighted by atomic mass is 10.1. The molecular weight excluding hydrogens is 636 g/mol. The van der Waals surface area contributed by atoms with Gasteiger partial charge >= 0.3 is 0 Å². The number of H-pyrrole nitrogens is 1. The van der Waals surface area contributed by atoms with Crippen molar-refractivity contribution >= 4 is 46.1 Å². The molecular formula is C26H23I2N5. The molecule has 0 radical (unpaired) electrons. The van der Waals surface area contributed by atoms with Crippen LogP contribution < -0.4 is 57.1 Å². The lowest BCUT2D eigenvalue weighted by Crippen LogP contribution is -3.00. The van der Waals surface area contributed by atoms with Crippen molar-refractivity contribution < 1.29 is 57.1 Å². The molecule has 0 unspecified atom stereocenters. The first-order valence-electron chi connectivity index (χ1n) is 10.2. The number of hydrogen-bond donors (Lipinski definition) is 1. The predicted octanol–water partition coefficient (Wildman–Crippen LogP) is -1.89. The lowest BCUT2D eigenvalue weighted by molar-refractivity contribution is -0.672. The highest BCUT2D eigenvalue weighted by molar-refractivity contribution is 6.08. The normalized spacial score (nSPS) is 11.2. The number of nitrogens with zero attached hydrogens (tertiary/aromatic N) is 4. The molecule has 0 aliphatic heterocycles. The van der Waals surface area contributed by atoms with Crippen molar-refractivity contribution in [1.82, 2.24) is 15.0 Å². The van der Waals surface area contributed by atoms with Gasteiger partial charge in [0.1, 0.15) is 25.5 Å². The summed E-state index contributed by atoms with van der Waals surface area (Å²) in [5, 5.41) is 2.42. The van der Waals surface area contributed by atoms with E-state index in [-0.39, 0.29) is 48.0 Å². The molecule has 33 heavy (non-hydrogen) atoms. The SMILES string of the molecule is C[n+]1ccnc(/C=C/c2ccc3[nH]c4ccc(/C=C/c5c[n+](C)ccn5)cc4c3c2)c1.[I-].[I-]. The van der Waals surface area contributed by atoms with Crippen LogP contribution in [0.3, 0.4) is 0 Å². The van der Waals surface area contributed by atoms with E-state index in [4.69, 9.17) is 0 Å². The van der Waals surface area contributed by atoms with Gasteiger partial charge in [-0.2, -0.15) is 0 Å². The molecule has 3 aromatic heterocycles. The minimum absolute atomic E-state index is 0. The van der Waals surface area contributed by atoms with Crippen LogP contribution in [-0.2, 0) is 14.1 Å². The monoisotopic (exact) mass is 659 g/mol. The van der Waals surface area contributed by atoms with Gasteiger partial charge in [0.05, 0.1) is 12.4 Å². The van der Waals surface area contributed by atoms with Crippen molar-refractivity contribution in [2.75, 3.05) is 0 Å². The van der Waals surface area contributed by atoms with E-state index in [2.05, 4.69) is 63.5 Å². The minimum Gasteiger partial charge on any atom is -1.00 e. The molecule has 2 aromatic carbocycles. The molecule has 5 nitrogen and oxygen atoms in total. The molecule has 166 valence electrons. The summed E-state index contributed by atoms with van der Waals surface area (Å²) in [6.45, 7) is 0. The third-order valence-corrected chi connectivity index (χ3v) is 5.26. The third-order valence-electron chi connectivity index (χ3n) is 5.26. The molecule has 0 saturated heterocycles.